The van der Waals surface area contributed by atoms with Crippen LogP contribution in [-0.2, 0) is 9.53 Å². The number of benzene rings is 3. The van der Waals surface area contributed by atoms with Crippen LogP contribution in [0.5, 0.6) is 11.5 Å². The normalized spacial score (nSPS) is 15.0. The van der Waals surface area contributed by atoms with Crippen molar-refractivity contribution in [1.82, 2.24) is 4.57 Å². The van der Waals surface area contributed by atoms with Gasteiger partial charge in [0.15, 0.2) is 4.80 Å². The molecule has 5 rings (SSSR count). The van der Waals surface area contributed by atoms with Crippen LogP contribution in [-0.4, -0.2) is 31.4 Å². The van der Waals surface area contributed by atoms with Gasteiger partial charge in [0.2, 0.25) is 0 Å². The van der Waals surface area contributed by atoms with Crippen molar-refractivity contribution in [3.05, 3.63) is 119 Å². The third-order valence-corrected chi connectivity index (χ3v) is 7.86. The first-order valence-electron chi connectivity index (χ1n) is 12.2. The van der Waals surface area contributed by atoms with E-state index in [2.05, 4.69) is 15.9 Å². The maximum absolute atomic E-state index is 14.0. The molecular formula is C30H25BrN2O5S. The number of halogens is 1. The summed E-state index contributed by atoms with van der Waals surface area (Å²) in [5.41, 5.74) is 2.79. The zero-order valence-corrected chi connectivity index (χ0v) is 23.9. The number of ether oxygens (including phenoxy) is 3. The molecule has 0 N–H and O–H groups in total. The van der Waals surface area contributed by atoms with Gasteiger partial charge in [-0.2, -0.15) is 0 Å². The van der Waals surface area contributed by atoms with E-state index in [4.69, 9.17) is 19.2 Å². The van der Waals surface area contributed by atoms with Crippen LogP contribution in [0.25, 0.3) is 11.8 Å². The summed E-state index contributed by atoms with van der Waals surface area (Å²) in [5.74, 6) is 0.777. The van der Waals surface area contributed by atoms with Gasteiger partial charge in [0.25, 0.3) is 5.56 Å². The van der Waals surface area contributed by atoms with Gasteiger partial charge in [-0.25, -0.2) is 9.79 Å². The summed E-state index contributed by atoms with van der Waals surface area (Å²) < 4.78 is 19.1. The van der Waals surface area contributed by atoms with Crippen LogP contribution >= 0.6 is 27.3 Å². The molecule has 0 spiro atoms. The third kappa shape index (κ3) is 5.20. The predicted molar refractivity (Wildman–Crippen MR) is 155 cm³/mol. The van der Waals surface area contributed by atoms with Crippen molar-refractivity contribution in [3.8, 4) is 11.5 Å². The second-order valence-corrected chi connectivity index (χ2v) is 10.5. The third-order valence-electron chi connectivity index (χ3n) is 6.26. The molecule has 0 unspecified atom stereocenters. The molecule has 3 aromatic carbocycles. The Morgan fingerprint density at radius 1 is 1.05 bits per heavy atom. The summed E-state index contributed by atoms with van der Waals surface area (Å²) in [5, 5.41) is 0. The summed E-state index contributed by atoms with van der Waals surface area (Å²) in [6.07, 6.45) is 1.81. The summed E-state index contributed by atoms with van der Waals surface area (Å²) in [7, 11) is 3.18. The molecule has 0 saturated carbocycles. The quantitative estimate of drug-likeness (QED) is 0.285. The van der Waals surface area contributed by atoms with E-state index in [1.165, 1.54) is 11.3 Å². The van der Waals surface area contributed by atoms with Gasteiger partial charge in [-0.3, -0.25) is 9.36 Å². The fraction of sp³-hybridized carbons (Fsp3) is 0.167. The van der Waals surface area contributed by atoms with Crippen LogP contribution in [0, 0.1) is 0 Å². The molecule has 0 amide bonds. The van der Waals surface area contributed by atoms with E-state index in [0.717, 1.165) is 15.6 Å². The Kier molecular flexibility index (Phi) is 7.81. The number of esters is 1. The number of carbonyl (C=O) groups excluding carboxylic acids is 1. The highest BCUT2D eigenvalue weighted by atomic mass is 79.9. The highest BCUT2D eigenvalue weighted by Gasteiger charge is 2.35. The lowest BCUT2D eigenvalue weighted by Crippen LogP contribution is -2.40. The first-order valence-corrected chi connectivity index (χ1v) is 13.8. The van der Waals surface area contributed by atoms with Crippen molar-refractivity contribution in [3.63, 3.8) is 0 Å². The Hall–Kier alpha value is -3.95. The van der Waals surface area contributed by atoms with Crippen molar-refractivity contribution >= 4 is 45.0 Å². The van der Waals surface area contributed by atoms with E-state index in [0.29, 0.717) is 37.7 Å². The first kappa shape index (κ1) is 26.6. The minimum absolute atomic E-state index is 0.187. The summed E-state index contributed by atoms with van der Waals surface area (Å²) in [4.78, 5) is 32.9. The van der Waals surface area contributed by atoms with Gasteiger partial charge in [0.05, 0.1) is 47.1 Å². The first-order chi connectivity index (χ1) is 18.9. The molecule has 1 atom stereocenters. The predicted octanol–water partition coefficient (Wildman–Crippen LogP) is 4.72. The van der Waals surface area contributed by atoms with Crippen LogP contribution in [0.4, 0.5) is 0 Å². The van der Waals surface area contributed by atoms with Crippen LogP contribution < -0.4 is 24.4 Å². The van der Waals surface area contributed by atoms with Crippen LogP contribution in [0.3, 0.4) is 0 Å². The molecule has 7 nitrogen and oxygen atoms in total. The van der Waals surface area contributed by atoms with Gasteiger partial charge >= 0.3 is 5.97 Å². The molecule has 4 aromatic rings. The average Bonchev–Trinajstić information content (AvgIpc) is 3.27. The zero-order chi connectivity index (χ0) is 27.5. The van der Waals surface area contributed by atoms with Gasteiger partial charge in [0.1, 0.15) is 11.5 Å². The SMILES string of the molecule is CCOC(=O)C1=C(c2ccccc2)N=c2s/c(=C\c3ccc(OC)c(Br)c3)c(=O)n2[C@H]1c1cccc(OC)c1. The summed E-state index contributed by atoms with van der Waals surface area (Å²) in [6.45, 7) is 1.94. The van der Waals surface area contributed by atoms with Crippen molar-refractivity contribution in [2.24, 2.45) is 4.99 Å². The van der Waals surface area contributed by atoms with E-state index in [-0.39, 0.29) is 12.2 Å². The van der Waals surface area contributed by atoms with Crippen molar-refractivity contribution < 1.29 is 19.0 Å². The summed E-state index contributed by atoms with van der Waals surface area (Å²) in [6, 6.07) is 21.6. The van der Waals surface area contributed by atoms with Gasteiger partial charge in [-0.15, -0.1) is 0 Å². The lowest BCUT2D eigenvalue weighted by Gasteiger charge is -2.26. The number of thiazole rings is 1. The van der Waals surface area contributed by atoms with Crippen molar-refractivity contribution in [2.75, 3.05) is 20.8 Å². The lowest BCUT2D eigenvalue weighted by molar-refractivity contribution is -0.138. The van der Waals surface area contributed by atoms with Crippen molar-refractivity contribution in [1.29, 1.82) is 0 Å². The van der Waals surface area contributed by atoms with Gasteiger partial charge in [-0.1, -0.05) is 59.9 Å². The smallest absolute Gasteiger partial charge is 0.338 e. The number of nitrogens with zero attached hydrogens (tertiary/aromatic N) is 2. The van der Waals surface area contributed by atoms with Gasteiger partial charge in [-0.05, 0) is 64.3 Å². The molecule has 0 saturated heterocycles. The number of aromatic nitrogens is 1. The number of carbonyl (C=O) groups is 1. The molecule has 0 aliphatic carbocycles. The van der Waals surface area contributed by atoms with E-state index < -0.39 is 12.0 Å². The second-order valence-electron chi connectivity index (χ2n) is 8.60. The minimum Gasteiger partial charge on any atom is -0.497 e. The van der Waals surface area contributed by atoms with Crippen LogP contribution in [0.2, 0.25) is 0 Å². The molecule has 0 fully saturated rings. The van der Waals surface area contributed by atoms with Crippen LogP contribution in [0.1, 0.15) is 29.7 Å². The molecule has 198 valence electrons. The molecule has 9 heteroatoms. The number of hydrogen-bond acceptors (Lipinski definition) is 7. The van der Waals surface area contributed by atoms with Gasteiger partial charge < -0.3 is 14.2 Å². The Labute approximate surface area is 237 Å². The Balaban J connectivity index is 1.81. The fourth-order valence-corrected chi connectivity index (χ4v) is 6.05. The Morgan fingerprint density at radius 2 is 1.85 bits per heavy atom. The molecule has 1 aromatic heterocycles. The minimum atomic E-state index is -0.768. The molecule has 2 heterocycles. The molecule has 1 aliphatic rings. The van der Waals surface area contributed by atoms with E-state index in [1.54, 1.807) is 25.7 Å². The zero-order valence-electron chi connectivity index (χ0n) is 21.5. The van der Waals surface area contributed by atoms with E-state index in [9.17, 15) is 9.59 Å². The highest BCUT2D eigenvalue weighted by Crippen LogP contribution is 2.36. The average molecular weight is 606 g/mol. The topological polar surface area (TPSA) is 79.1 Å². The Morgan fingerprint density at radius 3 is 2.54 bits per heavy atom. The standard InChI is InChI=1S/C30H25BrN2O5S/c1-4-38-29(35)25-26(19-9-6-5-7-10-19)32-30-33(27(25)20-11-8-12-21(17-20)36-2)28(34)24(39-30)16-18-13-14-23(37-3)22(31)15-18/h5-17,27H,4H2,1-3H3/b24-16-/t27-/m0/s1. The highest BCUT2D eigenvalue weighted by molar-refractivity contribution is 9.10. The van der Waals surface area contributed by atoms with Crippen LogP contribution in [0.15, 0.2) is 92.6 Å². The van der Waals surface area contributed by atoms with E-state index >= 15 is 0 Å². The molecule has 39 heavy (non-hydrogen) atoms. The second kappa shape index (κ2) is 11.4. The number of hydrogen-bond donors (Lipinski definition) is 0. The fourth-order valence-electron chi connectivity index (χ4n) is 4.49. The molecular weight excluding hydrogens is 580 g/mol. The molecule has 0 bridgehead atoms. The maximum atomic E-state index is 14.0. The largest absolute Gasteiger partial charge is 0.497 e. The van der Waals surface area contributed by atoms with E-state index in [1.807, 2.05) is 78.9 Å². The summed E-state index contributed by atoms with van der Waals surface area (Å²) >= 11 is 4.78. The van der Waals surface area contributed by atoms with Gasteiger partial charge in [0, 0.05) is 5.56 Å². The number of fused-ring (bicyclic) bond motifs is 1. The molecule has 1 aliphatic heterocycles. The maximum Gasteiger partial charge on any atom is 0.338 e. The number of methoxy groups -OCH3 is 2. The number of rotatable bonds is 7. The monoisotopic (exact) mass is 604 g/mol. The van der Waals surface area contributed by atoms with Crippen molar-refractivity contribution in [2.45, 2.75) is 13.0 Å². The Bertz CT molecular complexity index is 1760. The lowest BCUT2D eigenvalue weighted by atomic mass is 9.93. The molecule has 0 radical (unpaired) electrons.